The molecule has 2 heteroatoms. The zero-order valence-electron chi connectivity index (χ0n) is 8.07. The quantitative estimate of drug-likeness (QED) is 0.547. The molecule has 0 atom stereocenters. The summed E-state index contributed by atoms with van der Waals surface area (Å²) in [5, 5.41) is 2.50. The van der Waals surface area contributed by atoms with Gasteiger partial charge in [0, 0.05) is 0 Å². The standard InChI is InChI=1S/C12H8N.Rb/c1-3-7-11-9(5-1)10-6-2-4-8-12(10)13-11;/h1-8H;/q-1;+1. The third-order valence-corrected chi connectivity index (χ3v) is 2.34. The fraction of sp³-hybridized carbons (Fsp3) is 0. The van der Waals surface area contributed by atoms with E-state index in [0.717, 1.165) is 11.0 Å². The maximum absolute atomic E-state index is 4.52. The summed E-state index contributed by atoms with van der Waals surface area (Å²) in [6.07, 6.45) is 0. The molecule has 0 aliphatic rings. The second kappa shape index (κ2) is 4.27. The molecule has 0 saturated heterocycles. The van der Waals surface area contributed by atoms with E-state index in [0.29, 0.717) is 0 Å². The van der Waals surface area contributed by atoms with Crippen molar-refractivity contribution < 1.29 is 58.2 Å². The van der Waals surface area contributed by atoms with Crippen LogP contribution in [0.4, 0.5) is 0 Å². The van der Waals surface area contributed by atoms with Crippen molar-refractivity contribution in [3.05, 3.63) is 48.5 Å². The third kappa shape index (κ3) is 1.63. The van der Waals surface area contributed by atoms with Crippen LogP contribution in [0.15, 0.2) is 48.5 Å². The minimum atomic E-state index is 0. The topological polar surface area (TPSA) is 14.1 Å². The number of nitrogens with zero attached hydrogens (tertiary/aromatic N) is 1. The number of para-hydroxylation sites is 2. The van der Waals surface area contributed by atoms with Gasteiger partial charge in [-0.05, 0) is 10.8 Å². The van der Waals surface area contributed by atoms with Gasteiger partial charge in [0.05, 0.1) is 0 Å². The van der Waals surface area contributed by atoms with Crippen LogP contribution in [0.2, 0.25) is 0 Å². The van der Waals surface area contributed by atoms with Gasteiger partial charge in [0.15, 0.2) is 0 Å². The molecule has 2 aromatic carbocycles. The maximum Gasteiger partial charge on any atom is 1.00 e. The van der Waals surface area contributed by atoms with Gasteiger partial charge >= 0.3 is 58.2 Å². The van der Waals surface area contributed by atoms with Crippen LogP contribution < -0.4 is 63.2 Å². The number of hydrogen-bond donors (Lipinski definition) is 0. The van der Waals surface area contributed by atoms with Gasteiger partial charge in [-0.15, -0.1) is 11.0 Å². The van der Waals surface area contributed by atoms with E-state index in [1.165, 1.54) is 10.8 Å². The molecule has 62 valence electrons. The SMILES string of the molecule is [Rb+].c1ccc2c(c1)[n-]c1ccccc12. The Kier molecular flexibility index (Phi) is 3.22. The summed E-state index contributed by atoms with van der Waals surface area (Å²) < 4.78 is 0. The van der Waals surface area contributed by atoms with Crippen molar-refractivity contribution in [3.63, 3.8) is 0 Å². The molecule has 1 nitrogen and oxygen atoms in total. The van der Waals surface area contributed by atoms with Crippen molar-refractivity contribution >= 4 is 21.8 Å². The Labute approximate surface area is 131 Å². The third-order valence-electron chi connectivity index (χ3n) is 2.34. The van der Waals surface area contributed by atoms with Crippen LogP contribution in [0.1, 0.15) is 0 Å². The molecule has 3 aromatic rings. The minimum absolute atomic E-state index is 0. The van der Waals surface area contributed by atoms with Crippen LogP contribution >= 0.6 is 0 Å². The normalized spacial score (nSPS) is 10.3. The van der Waals surface area contributed by atoms with Crippen molar-refractivity contribution in [2.45, 2.75) is 0 Å². The molecule has 0 spiro atoms. The average molecular weight is 252 g/mol. The Balaban J connectivity index is 0.000000750. The first-order valence-electron chi connectivity index (χ1n) is 4.35. The molecule has 0 bridgehead atoms. The van der Waals surface area contributed by atoms with Gasteiger partial charge in [-0.2, -0.15) is 0 Å². The summed E-state index contributed by atoms with van der Waals surface area (Å²) in [4.78, 5) is 4.52. The van der Waals surface area contributed by atoms with Crippen molar-refractivity contribution in [1.29, 1.82) is 0 Å². The molecule has 0 aliphatic heterocycles. The zero-order valence-corrected chi connectivity index (χ0v) is 13.0. The molecular weight excluding hydrogens is 244 g/mol. The van der Waals surface area contributed by atoms with E-state index >= 15 is 0 Å². The van der Waals surface area contributed by atoms with Gasteiger partial charge < -0.3 is 4.98 Å². The second-order valence-corrected chi connectivity index (χ2v) is 3.15. The van der Waals surface area contributed by atoms with E-state index in [1.807, 2.05) is 12.1 Å². The second-order valence-electron chi connectivity index (χ2n) is 3.15. The molecule has 0 N–H and O–H groups in total. The molecule has 0 fully saturated rings. The van der Waals surface area contributed by atoms with Crippen molar-refractivity contribution in [2.24, 2.45) is 0 Å². The molecule has 14 heavy (non-hydrogen) atoms. The van der Waals surface area contributed by atoms with Crippen LogP contribution in [-0.2, 0) is 0 Å². The van der Waals surface area contributed by atoms with Gasteiger partial charge in [-0.3, -0.25) is 0 Å². The first-order valence-corrected chi connectivity index (χ1v) is 4.35. The van der Waals surface area contributed by atoms with Crippen molar-refractivity contribution in [1.82, 2.24) is 4.98 Å². The van der Waals surface area contributed by atoms with Gasteiger partial charge in [0.1, 0.15) is 0 Å². The molecule has 0 unspecified atom stereocenters. The summed E-state index contributed by atoms with van der Waals surface area (Å²) in [7, 11) is 0. The summed E-state index contributed by atoms with van der Waals surface area (Å²) in [6.45, 7) is 0. The minimum Gasteiger partial charge on any atom is -0.657 e. The molecule has 3 rings (SSSR count). The van der Waals surface area contributed by atoms with E-state index in [1.54, 1.807) is 0 Å². The number of rotatable bonds is 0. The first-order chi connectivity index (χ1) is 6.45. The maximum atomic E-state index is 4.52. The molecule has 0 radical (unpaired) electrons. The molecule has 0 saturated carbocycles. The van der Waals surface area contributed by atoms with Crippen molar-refractivity contribution in [3.8, 4) is 0 Å². The van der Waals surface area contributed by atoms with Gasteiger partial charge in [0.25, 0.3) is 0 Å². The number of hydrogen-bond acceptors (Lipinski definition) is 0. The van der Waals surface area contributed by atoms with Gasteiger partial charge in [-0.25, -0.2) is 0 Å². The molecule has 0 amide bonds. The largest absolute Gasteiger partial charge is 1.00 e. The summed E-state index contributed by atoms with van der Waals surface area (Å²) in [5.74, 6) is 0. The Hall–Kier alpha value is 0.0452. The molecule has 1 heterocycles. The van der Waals surface area contributed by atoms with E-state index in [4.69, 9.17) is 0 Å². The predicted molar refractivity (Wildman–Crippen MR) is 54.8 cm³/mol. The molecule has 0 aliphatic carbocycles. The monoisotopic (exact) mass is 251 g/mol. The fourth-order valence-electron chi connectivity index (χ4n) is 1.73. The number of fused-ring (bicyclic) bond motifs is 3. The van der Waals surface area contributed by atoms with Gasteiger partial charge in [0.2, 0.25) is 0 Å². The van der Waals surface area contributed by atoms with Crippen LogP contribution in [-0.4, -0.2) is 0 Å². The first kappa shape index (κ1) is 10.6. The smallest absolute Gasteiger partial charge is 0.657 e. The summed E-state index contributed by atoms with van der Waals surface area (Å²) >= 11 is 0. The van der Waals surface area contributed by atoms with Gasteiger partial charge in [-0.1, -0.05) is 48.5 Å². The van der Waals surface area contributed by atoms with Crippen molar-refractivity contribution in [2.75, 3.05) is 0 Å². The van der Waals surface area contributed by atoms with E-state index < -0.39 is 0 Å². The predicted octanol–water partition coefficient (Wildman–Crippen LogP) is -0.0458. The Bertz CT molecular complexity index is 518. The Morgan fingerprint density at radius 2 is 1.07 bits per heavy atom. The summed E-state index contributed by atoms with van der Waals surface area (Å²) in [6, 6.07) is 16.5. The Morgan fingerprint density at radius 1 is 0.643 bits per heavy atom. The van der Waals surface area contributed by atoms with Crippen LogP contribution in [0, 0.1) is 0 Å². The van der Waals surface area contributed by atoms with Crippen LogP contribution in [0.3, 0.4) is 0 Å². The van der Waals surface area contributed by atoms with E-state index in [-0.39, 0.29) is 58.2 Å². The number of benzene rings is 2. The van der Waals surface area contributed by atoms with E-state index in [2.05, 4.69) is 41.4 Å². The fourth-order valence-corrected chi connectivity index (χ4v) is 1.73. The summed E-state index contributed by atoms with van der Waals surface area (Å²) in [5.41, 5.74) is 2.17. The average Bonchev–Trinajstić information content (AvgIpc) is 2.56. The van der Waals surface area contributed by atoms with Crippen LogP contribution in [0.25, 0.3) is 21.8 Å². The zero-order chi connectivity index (χ0) is 8.67. The van der Waals surface area contributed by atoms with Crippen LogP contribution in [0.5, 0.6) is 0 Å². The van der Waals surface area contributed by atoms with E-state index in [9.17, 15) is 0 Å². The Morgan fingerprint density at radius 3 is 1.57 bits per heavy atom. The molecule has 1 aromatic heterocycles. The molecular formula is C12H8NRb. The number of aromatic nitrogens is 1.